The lowest BCUT2D eigenvalue weighted by Gasteiger charge is -2.16. The molecule has 122 valence electrons. The molecule has 0 spiro atoms. The van der Waals surface area contributed by atoms with Crippen LogP contribution in [-0.2, 0) is 9.53 Å². The number of nitrogens with one attached hydrogen (secondary N) is 2. The van der Waals surface area contributed by atoms with Gasteiger partial charge in [-0.25, -0.2) is 19.8 Å². The maximum Gasteiger partial charge on any atom is 0.358 e. The van der Waals surface area contributed by atoms with Gasteiger partial charge in [0.1, 0.15) is 12.0 Å². The lowest BCUT2D eigenvalue weighted by Crippen LogP contribution is -2.36. The lowest BCUT2D eigenvalue weighted by molar-refractivity contribution is -0.113. The number of hydrogen-bond donors (Lipinski definition) is 4. The highest BCUT2D eigenvalue weighted by Gasteiger charge is 2.14. The number of methoxy groups -OCH3 is 1. The van der Waals surface area contributed by atoms with Crippen molar-refractivity contribution in [1.82, 2.24) is 15.3 Å². The van der Waals surface area contributed by atoms with Gasteiger partial charge in [0.05, 0.1) is 25.3 Å². The van der Waals surface area contributed by atoms with Crippen molar-refractivity contribution in [2.45, 2.75) is 6.23 Å². The Hall–Kier alpha value is -2.66. The second-order valence-corrected chi connectivity index (χ2v) is 5.18. The number of carbonyl (C=O) groups excluding carboxylic acids is 2. The molecule has 2 heterocycles. The van der Waals surface area contributed by atoms with Crippen LogP contribution in [-0.4, -0.2) is 51.2 Å². The van der Waals surface area contributed by atoms with Gasteiger partial charge in [-0.05, 0) is 0 Å². The first-order chi connectivity index (χ1) is 11.0. The molecule has 0 bridgehead atoms. The summed E-state index contributed by atoms with van der Waals surface area (Å²) in [6, 6.07) is 0. The number of ether oxygens (including phenoxy) is 1. The van der Waals surface area contributed by atoms with E-state index in [-0.39, 0.29) is 29.0 Å². The molecule has 0 saturated heterocycles. The van der Waals surface area contributed by atoms with E-state index in [0.29, 0.717) is 5.17 Å². The van der Waals surface area contributed by atoms with Gasteiger partial charge < -0.3 is 26.2 Å². The van der Waals surface area contributed by atoms with Gasteiger partial charge in [-0.1, -0.05) is 11.8 Å². The zero-order valence-corrected chi connectivity index (χ0v) is 12.8. The average Bonchev–Trinajstić information content (AvgIpc) is 2.52. The molecule has 1 atom stereocenters. The van der Waals surface area contributed by atoms with Crippen LogP contribution >= 0.6 is 11.8 Å². The first kappa shape index (κ1) is 16.7. The third-order valence-corrected chi connectivity index (χ3v) is 3.37. The highest BCUT2D eigenvalue weighted by Crippen LogP contribution is 2.10. The minimum absolute atomic E-state index is 0.0201. The first-order valence-electron chi connectivity index (χ1n) is 6.31. The Morgan fingerprint density at radius 2 is 2.26 bits per heavy atom. The molecule has 0 fully saturated rings. The summed E-state index contributed by atoms with van der Waals surface area (Å²) in [6.07, 6.45) is 2.84. The topological polar surface area (TPSA) is 152 Å². The maximum atomic E-state index is 11.8. The molecule has 10 nitrogen and oxygen atoms in total. The third kappa shape index (κ3) is 4.93. The number of anilines is 1. The van der Waals surface area contributed by atoms with Crippen LogP contribution in [0, 0.1) is 0 Å². The second-order valence-electron chi connectivity index (χ2n) is 4.21. The van der Waals surface area contributed by atoms with Crippen LogP contribution in [0.1, 0.15) is 10.5 Å². The van der Waals surface area contributed by atoms with E-state index < -0.39 is 12.2 Å². The van der Waals surface area contributed by atoms with E-state index in [1.165, 1.54) is 25.6 Å². The number of amides is 1. The summed E-state index contributed by atoms with van der Waals surface area (Å²) in [7, 11) is 1.23. The summed E-state index contributed by atoms with van der Waals surface area (Å²) < 4.78 is 4.49. The van der Waals surface area contributed by atoms with Crippen LogP contribution in [0.3, 0.4) is 0 Å². The minimum Gasteiger partial charge on any atom is -0.464 e. The maximum absolute atomic E-state index is 11.8. The van der Waals surface area contributed by atoms with E-state index in [1.54, 1.807) is 0 Å². The summed E-state index contributed by atoms with van der Waals surface area (Å²) in [6.45, 7) is 0. The lowest BCUT2D eigenvalue weighted by atomic mass is 10.4. The number of aliphatic hydroxyl groups is 1. The molecule has 2 rings (SSSR count). The fourth-order valence-corrected chi connectivity index (χ4v) is 2.22. The molecular formula is C12H14N6O4S. The zero-order valence-electron chi connectivity index (χ0n) is 12.0. The monoisotopic (exact) mass is 338 g/mol. The highest BCUT2D eigenvalue weighted by molar-refractivity contribution is 8.14. The number of aliphatic hydroxyl groups excluding tert-OH is 1. The molecule has 0 saturated carbocycles. The smallest absolute Gasteiger partial charge is 0.358 e. The predicted octanol–water partition coefficient (Wildman–Crippen LogP) is -0.987. The van der Waals surface area contributed by atoms with E-state index in [9.17, 15) is 14.7 Å². The summed E-state index contributed by atoms with van der Waals surface area (Å²) in [5.74, 6) is -0.588. The van der Waals surface area contributed by atoms with Crippen molar-refractivity contribution in [3.8, 4) is 0 Å². The predicted molar refractivity (Wildman–Crippen MR) is 83.3 cm³/mol. The van der Waals surface area contributed by atoms with Gasteiger partial charge in [0.2, 0.25) is 5.91 Å². The van der Waals surface area contributed by atoms with E-state index in [2.05, 4.69) is 30.3 Å². The van der Waals surface area contributed by atoms with Crippen LogP contribution < -0.4 is 16.4 Å². The Morgan fingerprint density at radius 3 is 2.87 bits per heavy atom. The van der Waals surface area contributed by atoms with E-state index in [1.807, 2.05) is 0 Å². The number of nitrogens with zero attached hydrogens (tertiary/aromatic N) is 3. The van der Waals surface area contributed by atoms with Crippen molar-refractivity contribution >= 4 is 34.6 Å². The van der Waals surface area contributed by atoms with Crippen molar-refractivity contribution in [2.75, 3.05) is 18.2 Å². The van der Waals surface area contributed by atoms with E-state index >= 15 is 0 Å². The fraction of sp³-hybridized carbons (Fsp3) is 0.250. The second kappa shape index (κ2) is 7.56. The quantitative estimate of drug-likeness (QED) is 0.507. The SMILES string of the molecule is COC(=O)c1cnc(NC(=O)CSC2=NC(N)=CC(O)N2)cn1. The Labute approximate surface area is 135 Å². The van der Waals surface area contributed by atoms with Gasteiger partial charge in [0.25, 0.3) is 0 Å². The van der Waals surface area contributed by atoms with Crippen molar-refractivity contribution < 1.29 is 19.4 Å². The number of hydrogen-bond acceptors (Lipinski definition) is 10. The number of carbonyl (C=O) groups is 2. The van der Waals surface area contributed by atoms with Gasteiger partial charge in [0.15, 0.2) is 16.7 Å². The van der Waals surface area contributed by atoms with Crippen molar-refractivity contribution in [1.29, 1.82) is 0 Å². The van der Waals surface area contributed by atoms with E-state index in [0.717, 1.165) is 11.8 Å². The Balaban J connectivity index is 1.85. The largest absolute Gasteiger partial charge is 0.464 e. The zero-order chi connectivity index (χ0) is 16.8. The molecule has 0 aliphatic carbocycles. The molecule has 0 radical (unpaired) electrons. The highest BCUT2D eigenvalue weighted by atomic mass is 32.2. The van der Waals surface area contributed by atoms with E-state index in [4.69, 9.17) is 5.73 Å². The Bertz CT molecular complexity index is 660. The number of esters is 1. The molecule has 1 aliphatic heterocycles. The summed E-state index contributed by atoms with van der Waals surface area (Å²) in [4.78, 5) is 34.7. The molecule has 1 unspecified atom stereocenters. The summed E-state index contributed by atoms with van der Waals surface area (Å²) in [5, 5.41) is 14.9. The third-order valence-electron chi connectivity index (χ3n) is 2.48. The van der Waals surface area contributed by atoms with Crippen LogP contribution in [0.25, 0.3) is 0 Å². The summed E-state index contributed by atoms with van der Waals surface area (Å²) in [5.41, 5.74) is 5.54. The molecule has 1 amide bonds. The van der Waals surface area contributed by atoms with Crippen molar-refractivity contribution in [3.05, 3.63) is 30.0 Å². The standard InChI is InChI=1S/C12H14N6O4S/c1-22-11(21)6-3-15-8(4-14-6)17-10(20)5-23-12-16-7(13)2-9(19)18-12/h2-4,9,19H,5,13H2,1H3,(H,16,18)(H,15,17,20). The Kier molecular flexibility index (Phi) is 5.49. The summed E-state index contributed by atoms with van der Waals surface area (Å²) >= 11 is 1.07. The minimum atomic E-state index is -0.935. The molecule has 11 heteroatoms. The molecular weight excluding hydrogens is 324 g/mol. The van der Waals surface area contributed by atoms with Crippen molar-refractivity contribution in [2.24, 2.45) is 10.7 Å². The molecule has 23 heavy (non-hydrogen) atoms. The van der Waals surface area contributed by atoms with Gasteiger partial charge in [-0.15, -0.1) is 0 Å². The molecule has 1 aromatic rings. The molecule has 1 aromatic heterocycles. The van der Waals surface area contributed by atoms with Crippen LogP contribution in [0.5, 0.6) is 0 Å². The Morgan fingerprint density at radius 1 is 1.48 bits per heavy atom. The molecule has 0 aromatic carbocycles. The first-order valence-corrected chi connectivity index (χ1v) is 7.30. The van der Waals surface area contributed by atoms with Gasteiger partial charge in [-0.2, -0.15) is 0 Å². The van der Waals surface area contributed by atoms with Crippen LogP contribution in [0.4, 0.5) is 5.82 Å². The van der Waals surface area contributed by atoms with Crippen LogP contribution in [0.15, 0.2) is 29.3 Å². The number of aromatic nitrogens is 2. The molecule has 1 aliphatic rings. The van der Waals surface area contributed by atoms with Crippen LogP contribution in [0.2, 0.25) is 0 Å². The van der Waals surface area contributed by atoms with Crippen molar-refractivity contribution in [3.63, 3.8) is 0 Å². The van der Waals surface area contributed by atoms with Gasteiger partial charge in [-0.3, -0.25) is 4.79 Å². The van der Waals surface area contributed by atoms with Gasteiger partial charge >= 0.3 is 5.97 Å². The normalized spacial score (nSPS) is 16.7. The number of thioether (sulfide) groups is 1. The molecule has 5 N–H and O–H groups in total. The fourth-order valence-electron chi connectivity index (χ4n) is 1.51. The number of nitrogens with two attached hydrogens (primary N) is 1. The number of aliphatic imine (C=N–C) groups is 1. The average molecular weight is 338 g/mol. The number of amidine groups is 1. The van der Waals surface area contributed by atoms with Gasteiger partial charge in [0, 0.05) is 6.08 Å². The number of rotatable bonds is 4.